The van der Waals surface area contributed by atoms with E-state index in [9.17, 15) is 10.1 Å². The van der Waals surface area contributed by atoms with Crippen molar-refractivity contribution in [2.24, 2.45) is 5.41 Å². The fourth-order valence-electron chi connectivity index (χ4n) is 1.61. The molecule has 0 radical (unpaired) electrons. The molecule has 0 saturated heterocycles. The van der Waals surface area contributed by atoms with E-state index < -0.39 is 4.92 Å². The second kappa shape index (κ2) is 3.33. The lowest BCUT2D eigenvalue weighted by Crippen LogP contribution is -2.10. The van der Waals surface area contributed by atoms with Gasteiger partial charge in [0.1, 0.15) is 11.6 Å². The zero-order chi connectivity index (χ0) is 11.9. The number of nitrogens with one attached hydrogen (secondary N) is 1. The van der Waals surface area contributed by atoms with Gasteiger partial charge in [0.15, 0.2) is 0 Å². The summed E-state index contributed by atoms with van der Waals surface area (Å²) in [6.07, 6.45) is 1.04. The van der Waals surface area contributed by atoms with Gasteiger partial charge < -0.3 is 11.1 Å². The number of nitrogens with two attached hydrogens (primary N) is 1. The Kier molecular flexibility index (Phi) is 2.22. The first-order valence-electron chi connectivity index (χ1n) is 5.07. The molecule has 16 heavy (non-hydrogen) atoms. The minimum atomic E-state index is -0.471. The van der Waals surface area contributed by atoms with E-state index in [-0.39, 0.29) is 16.9 Å². The molecule has 1 saturated carbocycles. The summed E-state index contributed by atoms with van der Waals surface area (Å²) >= 11 is 0. The molecule has 1 aromatic heterocycles. The molecular formula is C10H14N4O2. The quantitative estimate of drug-likeness (QED) is 0.600. The molecule has 0 bridgehead atoms. The number of nitrogen functional groups attached to an aromatic ring is 1. The second-order valence-electron chi connectivity index (χ2n) is 4.78. The van der Waals surface area contributed by atoms with Crippen LogP contribution in [0.1, 0.15) is 20.3 Å². The normalized spacial score (nSPS) is 21.5. The summed E-state index contributed by atoms with van der Waals surface area (Å²) in [6.45, 7) is 4.26. The Morgan fingerprint density at radius 3 is 2.75 bits per heavy atom. The molecule has 6 heteroatoms. The van der Waals surface area contributed by atoms with Gasteiger partial charge in [-0.1, -0.05) is 13.8 Å². The Balaban J connectivity index is 2.18. The molecule has 1 aromatic rings. The highest BCUT2D eigenvalue weighted by Crippen LogP contribution is 2.46. The molecule has 0 aromatic carbocycles. The van der Waals surface area contributed by atoms with E-state index >= 15 is 0 Å². The van der Waals surface area contributed by atoms with Crippen LogP contribution in [0.15, 0.2) is 12.1 Å². The number of nitrogens with zero attached hydrogens (tertiary/aromatic N) is 2. The van der Waals surface area contributed by atoms with Gasteiger partial charge in [-0.15, -0.1) is 0 Å². The fraction of sp³-hybridized carbons (Fsp3) is 0.500. The van der Waals surface area contributed by atoms with Crippen LogP contribution in [0, 0.1) is 15.5 Å². The largest absolute Gasteiger partial charge is 0.383 e. The summed E-state index contributed by atoms with van der Waals surface area (Å²) in [7, 11) is 0. The molecule has 1 heterocycles. The van der Waals surface area contributed by atoms with Crippen molar-refractivity contribution in [2.45, 2.75) is 26.3 Å². The van der Waals surface area contributed by atoms with Crippen LogP contribution in [0.25, 0.3) is 0 Å². The highest BCUT2D eigenvalue weighted by atomic mass is 16.6. The van der Waals surface area contributed by atoms with Crippen molar-refractivity contribution in [3.63, 3.8) is 0 Å². The molecule has 2 rings (SSSR count). The summed E-state index contributed by atoms with van der Waals surface area (Å²) in [6, 6.07) is 2.98. The number of pyridine rings is 1. The minimum Gasteiger partial charge on any atom is -0.383 e. The smallest absolute Gasteiger partial charge is 0.276 e. The van der Waals surface area contributed by atoms with Crippen LogP contribution in [0.3, 0.4) is 0 Å². The van der Waals surface area contributed by atoms with E-state index in [2.05, 4.69) is 24.1 Å². The van der Waals surface area contributed by atoms with Gasteiger partial charge in [0.2, 0.25) is 0 Å². The van der Waals surface area contributed by atoms with Gasteiger partial charge in [-0.05, 0) is 11.8 Å². The minimum absolute atomic E-state index is 0.0338. The third-order valence-electron chi connectivity index (χ3n) is 2.88. The zero-order valence-electron chi connectivity index (χ0n) is 9.23. The van der Waals surface area contributed by atoms with E-state index in [1.165, 1.54) is 12.1 Å². The average Bonchev–Trinajstić information content (AvgIpc) is 2.72. The van der Waals surface area contributed by atoms with Crippen molar-refractivity contribution in [1.29, 1.82) is 0 Å². The summed E-state index contributed by atoms with van der Waals surface area (Å²) in [4.78, 5) is 14.2. The Labute approximate surface area is 93.0 Å². The van der Waals surface area contributed by atoms with Crippen molar-refractivity contribution >= 4 is 17.3 Å². The van der Waals surface area contributed by atoms with Gasteiger partial charge in [0, 0.05) is 6.04 Å². The second-order valence-corrected chi connectivity index (χ2v) is 4.78. The monoisotopic (exact) mass is 222 g/mol. The van der Waals surface area contributed by atoms with Crippen LogP contribution >= 0.6 is 0 Å². The molecular weight excluding hydrogens is 208 g/mol. The molecule has 0 spiro atoms. The molecule has 1 aliphatic carbocycles. The first kappa shape index (κ1) is 10.7. The van der Waals surface area contributed by atoms with Crippen LogP contribution in [-0.2, 0) is 0 Å². The van der Waals surface area contributed by atoms with Crippen molar-refractivity contribution in [2.75, 3.05) is 11.1 Å². The standard InChI is InChI=1S/C10H14N4O2/c1-10(2)5-7(10)12-9-4-6(14(15)16)3-8(11)13-9/h3-4,7H,5H2,1-2H3,(H3,11,12,13). The van der Waals surface area contributed by atoms with Crippen molar-refractivity contribution in [3.05, 3.63) is 22.2 Å². The fourth-order valence-corrected chi connectivity index (χ4v) is 1.61. The number of hydrogen-bond acceptors (Lipinski definition) is 5. The summed E-state index contributed by atoms with van der Waals surface area (Å²) in [5.74, 6) is 0.637. The Bertz CT molecular complexity index is 444. The van der Waals surface area contributed by atoms with E-state index in [0.717, 1.165) is 6.42 Å². The molecule has 86 valence electrons. The maximum atomic E-state index is 10.6. The number of aromatic nitrogens is 1. The Morgan fingerprint density at radius 1 is 1.62 bits per heavy atom. The van der Waals surface area contributed by atoms with Crippen molar-refractivity contribution in [1.82, 2.24) is 4.98 Å². The van der Waals surface area contributed by atoms with Gasteiger partial charge in [0.05, 0.1) is 17.1 Å². The van der Waals surface area contributed by atoms with Crippen LogP contribution in [-0.4, -0.2) is 15.9 Å². The lowest BCUT2D eigenvalue weighted by molar-refractivity contribution is -0.384. The maximum absolute atomic E-state index is 10.6. The summed E-state index contributed by atoms with van der Waals surface area (Å²) in [5, 5.41) is 13.8. The lowest BCUT2D eigenvalue weighted by atomic mass is 10.2. The first-order valence-corrected chi connectivity index (χ1v) is 5.07. The molecule has 3 N–H and O–H groups in total. The van der Waals surface area contributed by atoms with Crippen LogP contribution < -0.4 is 11.1 Å². The lowest BCUT2D eigenvalue weighted by Gasteiger charge is -2.07. The zero-order valence-corrected chi connectivity index (χ0v) is 9.23. The number of hydrogen-bond donors (Lipinski definition) is 2. The third kappa shape index (κ3) is 2.05. The van der Waals surface area contributed by atoms with Gasteiger partial charge in [-0.3, -0.25) is 10.1 Å². The van der Waals surface area contributed by atoms with E-state index in [1.54, 1.807) is 0 Å². The number of nitro groups is 1. The molecule has 1 unspecified atom stereocenters. The molecule has 0 amide bonds. The average molecular weight is 222 g/mol. The Morgan fingerprint density at radius 2 is 2.25 bits per heavy atom. The van der Waals surface area contributed by atoms with Crippen molar-refractivity contribution < 1.29 is 4.92 Å². The van der Waals surface area contributed by atoms with E-state index in [4.69, 9.17) is 5.73 Å². The van der Waals surface area contributed by atoms with Crippen LogP contribution in [0.2, 0.25) is 0 Å². The van der Waals surface area contributed by atoms with Gasteiger partial charge in [-0.2, -0.15) is 0 Å². The van der Waals surface area contributed by atoms with Crippen LogP contribution in [0.4, 0.5) is 17.3 Å². The topological polar surface area (TPSA) is 94.1 Å². The summed E-state index contributed by atoms with van der Waals surface area (Å²) < 4.78 is 0. The molecule has 0 aliphatic heterocycles. The van der Waals surface area contributed by atoms with Crippen LogP contribution in [0.5, 0.6) is 0 Å². The molecule has 1 atom stereocenters. The van der Waals surface area contributed by atoms with Gasteiger partial charge in [-0.25, -0.2) is 4.98 Å². The maximum Gasteiger partial charge on any atom is 0.276 e. The van der Waals surface area contributed by atoms with Gasteiger partial charge in [0.25, 0.3) is 5.69 Å². The van der Waals surface area contributed by atoms with Gasteiger partial charge >= 0.3 is 0 Å². The van der Waals surface area contributed by atoms with E-state index in [1.807, 2.05) is 0 Å². The Hall–Kier alpha value is -1.85. The molecule has 1 fully saturated rings. The highest BCUT2D eigenvalue weighted by molar-refractivity contribution is 5.53. The number of rotatable bonds is 3. The highest BCUT2D eigenvalue weighted by Gasteiger charge is 2.45. The third-order valence-corrected chi connectivity index (χ3v) is 2.88. The van der Waals surface area contributed by atoms with Crippen molar-refractivity contribution in [3.8, 4) is 0 Å². The predicted octanol–water partition coefficient (Wildman–Crippen LogP) is 1.78. The summed E-state index contributed by atoms with van der Waals surface area (Å²) in [5.41, 5.74) is 5.71. The molecule has 6 nitrogen and oxygen atoms in total. The number of anilines is 2. The first-order chi connectivity index (χ1) is 7.38. The van der Waals surface area contributed by atoms with E-state index in [0.29, 0.717) is 11.9 Å². The SMILES string of the molecule is CC1(C)CC1Nc1cc([N+](=O)[O-])cc(N)n1. The predicted molar refractivity (Wildman–Crippen MR) is 61.1 cm³/mol. The molecule has 1 aliphatic rings.